The summed E-state index contributed by atoms with van der Waals surface area (Å²) in [6, 6.07) is 6.75. The van der Waals surface area contributed by atoms with E-state index in [2.05, 4.69) is 15.7 Å². The van der Waals surface area contributed by atoms with E-state index >= 15 is 0 Å². The van der Waals surface area contributed by atoms with E-state index in [1.165, 1.54) is 0 Å². The molecule has 0 aliphatic carbocycles. The first-order valence-electron chi connectivity index (χ1n) is 10.7. The molecular formula is C22H27N5O5. The summed E-state index contributed by atoms with van der Waals surface area (Å²) in [5.41, 5.74) is 2.16. The first-order valence-corrected chi connectivity index (χ1v) is 10.7. The van der Waals surface area contributed by atoms with Crippen LogP contribution < -0.4 is 20.1 Å². The van der Waals surface area contributed by atoms with Crippen LogP contribution in [0.2, 0.25) is 0 Å². The van der Waals surface area contributed by atoms with E-state index in [1.807, 2.05) is 25.1 Å². The highest BCUT2D eigenvalue weighted by atomic mass is 16.7. The van der Waals surface area contributed by atoms with Gasteiger partial charge in [-0.05, 0) is 43.5 Å². The van der Waals surface area contributed by atoms with Crippen molar-refractivity contribution in [2.24, 2.45) is 7.05 Å². The number of aryl methyl sites for hydroxylation is 2. The maximum absolute atomic E-state index is 12.7. The minimum atomic E-state index is -0.501. The first-order chi connectivity index (χ1) is 15.4. The summed E-state index contributed by atoms with van der Waals surface area (Å²) in [5, 5.41) is 9.82. The maximum atomic E-state index is 12.7. The Balaban J connectivity index is 1.23. The molecule has 4 rings (SSSR count). The Labute approximate surface area is 185 Å². The molecule has 10 heteroatoms. The van der Waals surface area contributed by atoms with Crippen molar-refractivity contribution in [3.8, 4) is 11.5 Å². The molecule has 170 valence electrons. The van der Waals surface area contributed by atoms with E-state index in [0.717, 1.165) is 11.3 Å². The fourth-order valence-electron chi connectivity index (χ4n) is 3.82. The number of benzene rings is 1. The van der Waals surface area contributed by atoms with Crippen LogP contribution >= 0.6 is 0 Å². The molecule has 0 spiro atoms. The molecule has 2 aliphatic heterocycles. The summed E-state index contributed by atoms with van der Waals surface area (Å²) >= 11 is 0. The molecule has 32 heavy (non-hydrogen) atoms. The predicted octanol–water partition coefficient (Wildman–Crippen LogP) is 0.885. The molecule has 3 heterocycles. The molecular weight excluding hydrogens is 414 g/mol. The van der Waals surface area contributed by atoms with Gasteiger partial charge < -0.3 is 25.0 Å². The Kier molecular flexibility index (Phi) is 6.29. The number of nitrogens with zero attached hydrogens (tertiary/aromatic N) is 3. The van der Waals surface area contributed by atoms with Crippen molar-refractivity contribution in [3.63, 3.8) is 0 Å². The van der Waals surface area contributed by atoms with Gasteiger partial charge >= 0.3 is 0 Å². The molecule has 10 nitrogen and oxygen atoms in total. The minimum Gasteiger partial charge on any atom is -0.454 e. The van der Waals surface area contributed by atoms with Crippen molar-refractivity contribution in [1.82, 2.24) is 25.3 Å². The van der Waals surface area contributed by atoms with Crippen molar-refractivity contribution >= 4 is 17.7 Å². The SMILES string of the molecule is Cc1cc(C(=O)NCCCNC(=O)C2CCC(=O)N2Cc2ccc3c(c2)OCO3)nn1C. The standard InChI is InChI=1S/C22H27N5O5/c1-14-10-16(25-26(14)2)21(29)23-8-3-9-24-22(30)17-5-7-20(28)27(17)12-15-4-6-18-19(11-15)32-13-31-18/h4,6,10-11,17H,3,5,7-9,12-13H2,1-2H3,(H,23,29)(H,24,30). The van der Waals surface area contributed by atoms with Gasteiger partial charge in [0.25, 0.3) is 5.91 Å². The molecule has 1 saturated heterocycles. The molecule has 1 unspecified atom stereocenters. The number of rotatable bonds is 8. The Bertz CT molecular complexity index is 1010. The average Bonchev–Trinajstić information content (AvgIpc) is 3.47. The van der Waals surface area contributed by atoms with Crippen LogP contribution in [0, 0.1) is 6.92 Å². The fraction of sp³-hybridized carbons (Fsp3) is 0.455. The number of carbonyl (C=O) groups excluding carboxylic acids is 3. The number of hydrogen-bond donors (Lipinski definition) is 2. The average molecular weight is 441 g/mol. The topological polar surface area (TPSA) is 115 Å². The smallest absolute Gasteiger partial charge is 0.271 e. The van der Waals surface area contributed by atoms with Crippen LogP contribution in [0.3, 0.4) is 0 Å². The second kappa shape index (κ2) is 9.29. The van der Waals surface area contributed by atoms with Crippen LogP contribution in [-0.2, 0) is 23.2 Å². The molecule has 0 saturated carbocycles. The van der Waals surface area contributed by atoms with Gasteiger partial charge in [-0.1, -0.05) is 6.07 Å². The lowest BCUT2D eigenvalue weighted by molar-refractivity contribution is -0.135. The second-order valence-electron chi connectivity index (χ2n) is 7.96. The van der Waals surface area contributed by atoms with Crippen LogP contribution in [0.5, 0.6) is 11.5 Å². The summed E-state index contributed by atoms with van der Waals surface area (Å²) in [7, 11) is 1.78. The van der Waals surface area contributed by atoms with E-state index < -0.39 is 6.04 Å². The maximum Gasteiger partial charge on any atom is 0.271 e. The second-order valence-corrected chi connectivity index (χ2v) is 7.96. The van der Waals surface area contributed by atoms with E-state index in [1.54, 1.807) is 22.7 Å². The Morgan fingerprint density at radius 2 is 1.94 bits per heavy atom. The number of hydrogen-bond acceptors (Lipinski definition) is 6. The van der Waals surface area contributed by atoms with Crippen LogP contribution in [0.4, 0.5) is 0 Å². The molecule has 2 aliphatic rings. The van der Waals surface area contributed by atoms with Crippen molar-refractivity contribution in [1.29, 1.82) is 0 Å². The Morgan fingerprint density at radius 1 is 1.16 bits per heavy atom. The van der Waals surface area contributed by atoms with Gasteiger partial charge in [-0.15, -0.1) is 0 Å². The zero-order chi connectivity index (χ0) is 22.7. The Hall–Kier alpha value is -3.56. The van der Waals surface area contributed by atoms with Gasteiger partial charge in [-0.2, -0.15) is 5.10 Å². The van der Waals surface area contributed by atoms with Gasteiger partial charge in [0, 0.05) is 38.8 Å². The molecule has 0 radical (unpaired) electrons. The molecule has 1 aromatic heterocycles. The summed E-state index contributed by atoms with van der Waals surface area (Å²) < 4.78 is 12.4. The number of ether oxygens (including phenoxy) is 2. The largest absolute Gasteiger partial charge is 0.454 e. The van der Waals surface area contributed by atoms with Crippen LogP contribution in [-0.4, -0.2) is 58.3 Å². The quantitative estimate of drug-likeness (QED) is 0.588. The molecule has 3 amide bonds. The minimum absolute atomic E-state index is 0.0410. The number of amides is 3. The zero-order valence-electron chi connectivity index (χ0n) is 18.2. The third-order valence-corrected chi connectivity index (χ3v) is 5.71. The summed E-state index contributed by atoms with van der Waals surface area (Å²) in [6.07, 6.45) is 1.42. The fourth-order valence-corrected chi connectivity index (χ4v) is 3.82. The number of nitrogens with one attached hydrogen (secondary N) is 2. The van der Waals surface area contributed by atoms with Crippen molar-refractivity contribution in [3.05, 3.63) is 41.2 Å². The van der Waals surface area contributed by atoms with E-state index in [0.29, 0.717) is 56.1 Å². The first kappa shape index (κ1) is 21.7. The predicted molar refractivity (Wildman–Crippen MR) is 114 cm³/mol. The van der Waals surface area contributed by atoms with Gasteiger partial charge in [0.1, 0.15) is 11.7 Å². The summed E-state index contributed by atoms with van der Waals surface area (Å²) in [5.74, 6) is 0.874. The molecule has 1 aromatic carbocycles. The third kappa shape index (κ3) is 4.68. The van der Waals surface area contributed by atoms with Gasteiger partial charge in [0.15, 0.2) is 11.5 Å². The monoisotopic (exact) mass is 441 g/mol. The van der Waals surface area contributed by atoms with E-state index in [-0.39, 0.29) is 24.5 Å². The number of carbonyl (C=O) groups is 3. The molecule has 2 aromatic rings. The summed E-state index contributed by atoms with van der Waals surface area (Å²) in [4.78, 5) is 38.8. The van der Waals surface area contributed by atoms with Crippen molar-refractivity contribution < 1.29 is 23.9 Å². The number of likely N-dealkylation sites (tertiary alicyclic amines) is 1. The molecule has 1 fully saturated rings. The highest BCUT2D eigenvalue weighted by Gasteiger charge is 2.36. The lowest BCUT2D eigenvalue weighted by Crippen LogP contribution is -2.44. The number of aromatic nitrogens is 2. The lowest BCUT2D eigenvalue weighted by Gasteiger charge is -2.24. The van der Waals surface area contributed by atoms with Crippen molar-refractivity contribution in [2.75, 3.05) is 19.9 Å². The van der Waals surface area contributed by atoms with Gasteiger partial charge in [-0.25, -0.2) is 0 Å². The molecule has 1 atom stereocenters. The zero-order valence-corrected chi connectivity index (χ0v) is 18.2. The summed E-state index contributed by atoms with van der Waals surface area (Å²) in [6.45, 7) is 3.23. The number of fused-ring (bicyclic) bond motifs is 1. The van der Waals surface area contributed by atoms with Gasteiger partial charge in [-0.3, -0.25) is 19.1 Å². The highest BCUT2D eigenvalue weighted by Crippen LogP contribution is 2.33. The van der Waals surface area contributed by atoms with E-state index in [9.17, 15) is 14.4 Å². The van der Waals surface area contributed by atoms with Gasteiger partial charge in [0.05, 0.1) is 0 Å². The normalized spacial score (nSPS) is 17.0. The molecule has 2 N–H and O–H groups in total. The lowest BCUT2D eigenvalue weighted by atomic mass is 10.1. The van der Waals surface area contributed by atoms with E-state index in [4.69, 9.17) is 9.47 Å². The van der Waals surface area contributed by atoms with Crippen molar-refractivity contribution in [2.45, 2.75) is 38.8 Å². The Morgan fingerprint density at radius 3 is 2.72 bits per heavy atom. The molecule has 0 bridgehead atoms. The van der Waals surface area contributed by atoms with Crippen LogP contribution in [0.15, 0.2) is 24.3 Å². The van der Waals surface area contributed by atoms with Crippen LogP contribution in [0.1, 0.15) is 41.0 Å². The highest BCUT2D eigenvalue weighted by molar-refractivity contribution is 5.92. The van der Waals surface area contributed by atoms with Crippen LogP contribution in [0.25, 0.3) is 0 Å². The third-order valence-electron chi connectivity index (χ3n) is 5.71. The van der Waals surface area contributed by atoms with Gasteiger partial charge in [0.2, 0.25) is 18.6 Å².